The molecular formula is C13H23NO2S. The maximum Gasteiger partial charge on any atom is 0.325 e. The van der Waals surface area contributed by atoms with Crippen molar-refractivity contribution in [2.45, 2.75) is 51.1 Å². The Balaban J connectivity index is 1.95. The molecule has 1 atom stereocenters. The number of rotatable bonds is 8. The van der Waals surface area contributed by atoms with Crippen LogP contribution in [0, 0.1) is 11.8 Å². The van der Waals surface area contributed by atoms with Gasteiger partial charge in [0.2, 0.25) is 0 Å². The monoisotopic (exact) mass is 257 g/mol. The molecule has 0 heterocycles. The van der Waals surface area contributed by atoms with E-state index in [1.54, 1.807) is 11.8 Å². The Kier molecular flexibility index (Phi) is 4.03. The van der Waals surface area contributed by atoms with Gasteiger partial charge in [-0.2, -0.15) is 11.8 Å². The highest BCUT2D eigenvalue weighted by molar-refractivity contribution is 7.99. The summed E-state index contributed by atoms with van der Waals surface area (Å²) in [5.74, 6) is 2.13. The third-order valence-electron chi connectivity index (χ3n) is 3.48. The van der Waals surface area contributed by atoms with Gasteiger partial charge in [0.15, 0.2) is 0 Å². The molecule has 0 aromatic rings. The van der Waals surface area contributed by atoms with Crippen LogP contribution in [0.4, 0.5) is 0 Å². The Morgan fingerprint density at radius 3 is 2.47 bits per heavy atom. The molecule has 0 aromatic heterocycles. The van der Waals surface area contributed by atoms with Crippen LogP contribution in [-0.2, 0) is 4.79 Å². The van der Waals surface area contributed by atoms with Crippen molar-refractivity contribution in [1.29, 1.82) is 0 Å². The van der Waals surface area contributed by atoms with Crippen molar-refractivity contribution in [3.8, 4) is 0 Å². The molecule has 0 aromatic carbocycles. The van der Waals surface area contributed by atoms with E-state index in [1.807, 2.05) is 0 Å². The molecule has 2 fully saturated rings. The van der Waals surface area contributed by atoms with Gasteiger partial charge in [0.25, 0.3) is 0 Å². The summed E-state index contributed by atoms with van der Waals surface area (Å²) in [5, 5.41) is 13.0. The first-order valence-electron chi connectivity index (χ1n) is 6.63. The lowest BCUT2D eigenvalue weighted by Crippen LogP contribution is -2.57. The normalized spacial score (nSPS) is 23.7. The smallest absolute Gasteiger partial charge is 0.325 e. The van der Waals surface area contributed by atoms with Crippen LogP contribution in [0.15, 0.2) is 0 Å². The van der Waals surface area contributed by atoms with Crippen molar-refractivity contribution in [3.05, 3.63) is 0 Å². The molecule has 1 unspecified atom stereocenters. The first-order valence-corrected chi connectivity index (χ1v) is 7.79. The number of aliphatic carboxylic acids is 1. The van der Waals surface area contributed by atoms with Crippen molar-refractivity contribution < 1.29 is 9.90 Å². The van der Waals surface area contributed by atoms with Gasteiger partial charge >= 0.3 is 5.97 Å². The Bertz CT molecular complexity index is 287. The van der Waals surface area contributed by atoms with Gasteiger partial charge in [-0.25, -0.2) is 0 Å². The molecule has 0 spiro atoms. The molecule has 0 bridgehead atoms. The number of carboxylic acid groups (broad SMARTS) is 1. The summed E-state index contributed by atoms with van der Waals surface area (Å²) < 4.78 is 0. The minimum atomic E-state index is -0.638. The van der Waals surface area contributed by atoms with Crippen molar-refractivity contribution in [2.24, 2.45) is 11.8 Å². The predicted molar refractivity (Wildman–Crippen MR) is 71.4 cm³/mol. The third-order valence-corrected chi connectivity index (χ3v) is 5.04. The summed E-state index contributed by atoms with van der Waals surface area (Å²) in [4.78, 5) is 11.7. The zero-order chi connectivity index (χ0) is 12.5. The van der Waals surface area contributed by atoms with Crippen molar-refractivity contribution in [2.75, 3.05) is 11.5 Å². The van der Waals surface area contributed by atoms with Gasteiger partial charge in [0.05, 0.1) is 0 Å². The number of nitrogens with one attached hydrogen (secondary N) is 1. The fraction of sp³-hybridized carbons (Fsp3) is 0.923. The van der Waals surface area contributed by atoms with E-state index in [0.29, 0.717) is 17.9 Å². The van der Waals surface area contributed by atoms with E-state index in [9.17, 15) is 9.90 Å². The van der Waals surface area contributed by atoms with E-state index in [0.717, 1.165) is 37.2 Å². The molecule has 0 amide bonds. The van der Waals surface area contributed by atoms with Crippen LogP contribution >= 0.6 is 11.8 Å². The lowest BCUT2D eigenvalue weighted by Gasteiger charge is -2.31. The Morgan fingerprint density at radius 1 is 1.41 bits per heavy atom. The molecule has 2 saturated carbocycles. The van der Waals surface area contributed by atoms with Gasteiger partial charge in [-0.3, -0.25) is 10.1 Å². The van der Waals surface area contributed by atoms with Crippen molar-refractivity contribution in [3.63, 3.8) is 0 Å². The van der Waals surface area contributed by atoms with Crippen LogP contribution in [0.3, 0.4) is 0 Å². The molecule has 2 rings (SSSR count). The molecule has 0 saturated heterocycles. The van der Waals surface area contributed by atoms with Crippen LogP contribution in [0.25, 0.3) is 0 Å². The molecule has 2 N–H and O–H groups in total. The highest BCUT2D eigenvalue weighted by atomic mass is 32.2. The summed E-state index contributed by atoms with van der Waals surface area (Å²) in [5.41, 5.74) is -0.638. The van der Waals surface area contributed by atoms with Gasteiger partial charge in [-0.05, 0) is 43.3 Å². The zero-order valence-electron chi connectivity index (χ0n) is 10.7. The largest absolute Gasteiger partial charge is 0.480 e. The van der Waals surface area contributed by atoms with E-state index < -0.39 is 11.5 Å². The average Bonchev–Trinajstić information content (AvgIpc) is 3.10. The molecule has 3 nitrogen and oxygen atoms in total. The molecule has 0 radical (unpaired) electrons. The van der Waals surface area contributed by atoms with E-state index in [4.69, 9.17) is 0 Å². The van der Waals surface area contributed by atoms with E-state index in [-0.39, 0.29) is 0 Å². The zero-order valence-corrected chi connectivity index (χ0v) is 11.6. The topological polar surface area (TPSA) is 49.3 Å². The fourth-order valence-corrected chi connectivity index (χ4v) is 3.55. The Hall–Kier alpha value is -0.220. The second-order valence-corrected chi connectivity index (χ2v) is 6.91. The summed E-state index contributed by atoms with van der Waals surface area (Å²) in [7, 11) is 0. The van der Waals surface area contributed by atoms with Gasteiger partial charge in [-0.15, -0.1) is 0 Å². The predicted octanol–water partition coefficient (Wildman–Crippen LogP) is 2.36. The molecular weight excluding hydrogens is 234 g/mol. The highest BCUT2D eigenvalue weighted by Gasteiger charge is 2.52. The SMILES string of the molecule is CC(C)CSCC(NC1CC1)(C(=O)O)C1CC1. The number of thioether (sulfide) groups is 1. The fourth-order valence-electron chi connectivity index (χ4n) is 2.20. The average molecular weight is 257 g/mol. The van der Waals surface area contributed by atoms with Crippen LogP contribution in [0.1, 0.15) is 39.5 Å². The molecule has 4 heteroatoms. The van der Waals surface area contributed by atoms with Gasteiger partial charge < -0.3 is 5.11 Å². The highest BCUT2D eigenvalue weighted by Crippen LogP contribution is 2.43. The minimum absolute atomic E-state index is 0.361. The molecule has 2 aliphatic rings. The molecule has 0 aliphatic heterocycles. The number of carbonyl (C=O) groups is 1. The second-order valence-electron chi connectivity index (χ2n) is 5.88. The maximum atomic E-state index is 11.7. The van der Waals surface area contributed by atoms with E-state index in [2.05, 4.69) is 19.2 Å². The van der Waals surface area contributed by atoms with E-state index in [1.165, 1.54) is 0 Å². The second kappa shape index (κ2) is 5.19. The Morgan fingerprint density at radius 2 is 2.06 bits per heavy atom. The van der Waals surface area contributed by atoms with Crippen LogP contribution in [0.2, 0.25) is 0 Å². The summed E-state index contributed by atoms with van der Waals surface area (Å²) >= 11 is 1.79. The van der Waals surface area contributed by atoms with Crippen LogP contribution in [0.5, 0.6) is 0 Å². The third kappa shape index (κ3) is 3.38. The van der Waals surface area contributed by atoms with Gasteiger partial charge in [0.1, 0.15) is 5.54 Å². The lowest BCUT2D eigenvalue weighted by molar-refractivity contribution is -0.145. The van der Waals surface area contributed by atoms with Gasteiger partial charge in [0, 0.05) is 11.8 Å². The van der Waals surface area contributed by atoms with Crippen molar-refractivity contribution >= 4 is 17.7 Å². The first kappa shape index (κ1) is 13.2. The number of carboxylic acids is 1. The molecule has 17 heavy (non-hydrogen) atoms. The lowest BCUT2D eigenvalue weighted by atomic mass is 9.95. The minimum Gasteiger partial charge on any atom is -0.480 e. The van der Waals surface area contributed by atoms with Crippen LogP contribution < -0.4 is 5.32 Å². The standard InChI is InChI=1S/C13H23NO2S/c1-9(2)7-17-8-13(12(15)16,10-3-4-10)14-11-5-6-11/h9-11,14H,3-8H2,1-2H3,(H,15,16). The quantitative estimate of drug-likeness (QED) is 0.701. The van der Waals surface area contributed by atoms with Crippen LogP contribution in [-0.4, -0.2) is 34.2 Å². The van der Waals surface area contributed by atoms with Gasteiger partial charge in [-0.1, -0.05) is 13.8 Å². The summed E-state index contributed by atoms with van der Waals surface area (Å²) in [6.07, 6.45) is 4.45. The maximum absolute atomic E-state index is 11.7. The number of hydrogen-bond acceptors (Lipinski definition) is 3. The van der Waals surface area contributed by atoms with E-state index >= 15 is 0 Å². The summed E-state index contributed by atoms with van der Waals surface area (Å²) in [6.45, 7) is 4.36. The molecule has 98 valence electrons. The first-order chi connectivity index (χ1) is 8.04. The van der Waals surface area contributed by atoms with Crippen molar-refractivity contribution in [1.82, 2.24) is 5.32 Å². The Labute approximate surface area is 108 Å². The molecule has 2 aliphatic carbocycles. The number of hydrogen-bond donors (Lipinski definition) is 2. The summed E-state index contributed by atoms with van der Waals surface area (Å²) in [6, 6.07) is 0.464.